The van der Waals surface area contributed by atoms with Crippen molar-refractivity contribution in [2.24, 2.45) is 0 Å². The van der Waals surface area contributed by atoms with E-state index in [0.29, 0.717) is 0 Å². The Morgan fingerprint density at radius 2 is 2.00 bits per heavy atom. The van der Waals surface area contributed by atoms with Gasteiger partial charge in [0.05, 0.1) is 10.6 Å². The Morgan fingerprint density at radius 3 is 2.73 bits per heavy atom. The largest absolute Gasteiger partial charge is 0.338 e. The summed E-state index contributed by atoms with van der Waals surface area (Å²) in [6.07, 6.45) is 2.59. The van der Waals surface area contributed by atoms with Crippen molar-refractivity contribution in [2.75, 3.05) is 11.1 Å². The van der Waals surface area contributed by atoms with Crippen LogP contribution in [0, 0.1) is 6.92 Å². The smallest absolute Gasteiger partial charge is 0.242 e. The molecule has 0 bridgehead atoms. The van der Waals surface area contributed by atoms with Gasteiger partial charge in [-0.2, -0.15) is 0 Å². The zero-order valence-electron chi connectivity index (χ0n) is 12.1. The zero-order valence-corrected chi connectivity index (χ0v) is 12.9. The standard InChI is InChI=1S/C15H16N2O4S/c1-10-5-7-11(8-6-10)22(19,20)9-14(18)16-15-12-3-2-4-13(12)17-21-15/h5-8H,2-4,9H2,1H3,(H,16,18). The number of fused-ring (bicyclic) bond motifs is 1. The predicted octanol–water partition coefficient (Wildman–Crippen LogP) is 1.88. The van der Waals surface area contributed by atoms with Gasteiger partial charge in [0.25, 0.3) is 0 Å². The molecule has 3 rings (SSSR count). The Kier molecular flexibility index (Phi) is 3.74. The number of amides is 1. The van der Waals surface area contributed by atoms with Gasteiger partial charge in [0.1, 0.15) is 5.75 Å². The Labute approximate surface area is 128 Å². The molecule has 1 N–H and O–H groups in total. The minimum atomic E-state index is -3.67. The highest BCUT2D eigenvalue weighted by atomic mass is 32.2. The van der Waals surface area contributed by atoms with Crippen LogP contribution in [-0.4, -0.2) is 25.2 Å². The number of nitrogens with zero attached hydrogens (tertiary/aromatic N) is 1. The van der Waals surface area contributed by atoms with E-state index in [0.717, 1.165) is 36.1 Å². The molecule has 1 aliphatic carbocycles. The lowest BCUT2D eigenvalue weighted by atomic mass is 10.2. The van der Waals surface area contributed by atoms with Gasteiger partial charge < -0.3 is 4.52 Å². The van der Waals surface area contributed by atoms with Crippen molar-refractivity contribution in [3.8, 4) is 0 Å². The quantitative estimate of drug-likeness (QED) is 0.929. The van der Waals surface area contributed by atoms with E-state index in [9.17, 15) is 13.2 Å². The molecule has 1 heterocycles. The molecule has 0 atom stereocenters. The summed E-state index contributed by atoms with van der Waals surface area (Å²) >= 11 is 0. The van der Waals surface area contributed by atoms with Crippen LogP contribution in [0.2, 0.25) is 0 Å². The van der Waals surface area contributed by atoms with E-state index in [-0.39, 0.29) is 10.8 Å². The van der Waals surface area contributed by atoms with Crippen molar-refractivity contribution in [3.05, 3.63) is 41.1 Å². The number of carbonyl (C=O) groups excluding carboxylic acids is 1. The molecule has 2 aromatic rings. The lowest BCUT2D eigenvalue weighted by Crippen LogP contribution is -2.23. The maximum absolute atomic E-state index is 12.2. The summed E-state index contributed by atoms with van der Waals surface area (Å²) in [5.74, 6) is -0.964. The van der Waals surface area contributed by atoms with Crippen LogP contribution >= 0.6 is 0 Å². The third kappa shape index (κ3) is 2.89. The fourth-order valence-corrected chi connectivity index (χ4v) is 3.63. The lowest BCUT2D eigenvalue weighted by molar-refractivity contribution is -0.114. The van der Waals surface area contributed by atoms with E-state index < -0.39 is 21.5 Å². The zero-order chi connectivity index (χ0) is 15.7. The molecule has 0 saturated carbocycles. The van der Waals surface area contributed by atoms with Gasteiger partial charge in [0, 0.05) is 5.56 Å². The van der Waals surface area contributed by atoms with Crippen LogP contribution < -0.4 is 5.32 Å². The Bertz CT molecular complexity index is 807. The number of aromatic nitrogens is 1. The van der Waals surface area contributed by atoms with E-state index in [1.165, 1.54) is 12.1 Å². The monoisotopic (exact) mass is 320 g/mol. The summed E-state index contributed by atoms with van der Waals surface area (Å²) in [7, 11) is -3.67. The van der Waals surface area contributed by atoms with E-state index in [4.69, 9.17) is 4.52 Å². The summed E-state index contributed by atoms with van der Waals surface area (Å²) in [6.45, 7) is 1.87. The van der Waals surface area contributed by atoms with E-state index >= 15 is 0 Å². The third-order valence-corrected chi connectivity index (χ3v) is 5.30. The number of sulfone groups is 1. The van der Waals surface area contributed by atoms with Crippen molar-refractivity contribution >= 4 is 21.6 Å². The van der Waals surface area contributed by atoms with Crippen LogP contribution in [0.4, 0.5) is 5.88 Å². The summed E-state index contributed by atoms with van der Waals surface area (Å²) in [5, 5.41) is 6.39. The second-order valence-electron chi connectivity index (χ2n) is 5.41. The van der Waals surface area contributed by atoms with Gasteiger partial charge in [0.15, 0.2) is 9.84 Å². The molecule has 7 heteroatoms. The molecule has 1 aliphatic rings. The average Bonchev–Trinajstić information content (AvgIpc) is 3.04. The molecule has 1 aromatic carbocycles. The maximum atomic E-state index is 12.2. The van der Waals surface area contributed by atoms with Crippen LogP contribution in [0.15, 0.2) is 33.7 Å². The third-order valence-electron chi connectivity index (χ3n) is 3.66. The van der Waals surface area contributed by atoms with Gasteiger partial charge in [-0.25, -0.2) is 8.42 Å². The first-order valence-corrected chi connectivity index (χ1v) is 8.67. The van der Waals surface area contributed by atoms with Crippen molar-refractivity contribution in [1.82, 2.24) is 5.16 Å². The predicted molar refractivity (Wildman–Crippen MR) is 80.4 cm³/mol. The molecule has 1 amide bonds. The first-order chi connectivity index (χ1) is 10.5. The second-order valence-corrected chi connectivity index (χ2v) is 7.40. The number of benzene rings is 1. The number of rotatable bonds is 4. The number of nitrogens with one attached hydrogen (secondary N) is 1. The SMILES string of the molecule is Cc1ccc(S(=O)(=O)CC(=O)Nc2onc3c2CCC3)cc1. The van der Waals surface area contributed by atoms with Crippen molar-refractivity contribution in [3.63, 3.8) is 0 Å². The van der Waals surface area contributed by atoms with Gasteiger partial charge in [-0.3, -0.25) is 10.1 Å². The lowest BCUT2D eigenvalue weighted by Gasteiger charge is -2.05. The molecule has 0 saturated heterocycles. The van der Waals surface area contributed by atoms with Crippen LogP contribution in [0.3, 0.4) is 0 Å². The van der Waals surface area contributed by atoms with Gasteiger partial charge in [-0.1, -0.05) is 22.9 Å². The fraction of sp³-hybridized carbons (Fsp3) is 0.333. The first kappa shape index (κ1) is 14.8. The number of aryl methyl sites for hydroxylation is 2. The van der Waals surface area contributed by atoms with Crippen molar-refractivity contribution in [2.45, 2.75) is 31.1 Å². The highest BCUT2D eigenvalue weighted by Crippen LogP contribution is 2.28. The average molecular weight is 320 g/mol. The van der Waals surface area contributed by atoms with Crippen LogP contribution in [0.1, 0.15) is 23.2 Å². The molecule has 0 unspecified atom stereocenters. The van der Waals surface area contributed by atoms with Gasteiger partial charge >= 0.3 is 0 Å². The maximum Gasteiger partial charge on any atom is 0.242 e. The molecule has 0 spiro atoms. The minimum absolute atomic E-state index is 0.135. The molecule has 22 heavy (non-hydrogen) atoms. The van der Waals surface area contributed by atoms with Gasteiger partial charge in [-0.15, -0.1) is 0 Å². The van der Waals surface area contributed by atoms with Crippen molar-refractivity contribution in [1.29, 1.82) is 0 Å². The molecular weight excluding hydrogens is 304 g/mol. The Hall–Kier alpha value is -2.15. The van der Waals surface area contributed by atoms with Crippen LogP contribution in [-0.2, 0) is 27.5 Å². The molecule has 0 radical (unpaired) electrons. The van der Waals surface area contributed by atoms with Gasteiger partial charge in [0.2, 0.25) is 11.8 Å². The molecule has 0 fully saturated rings. The second kappa shape index (κ2) is 5.57. The normalized spacial score (nSPS) is 13.9. The molecule has 6 nitrogen and oxygen atoms in total. The molecule has 116 valence electrons. The first-order valence-electron chi connectivity index (χ1n) is 7.02. The van der Waals surface area contributed by atoms with E-state index in [1.54, 1.807) is 12.1 Å². The van der Waals surface area contributed by atoms with Crippen LogP contribution in [0.25, 0.3) is 0 Å². The van der Waals surface area contributed by atoms with Crippen molar-refractivity contribution < 1.29 is 17.7 Å². The fourth-order valence-electron chi connectivity index (χ4n) is 2.49. The number of carbonyl (C=O) groups is 1. The highest BCUT2D eigenvalue weighted by Gasteiger charge is 2.25. The summed E-state index contributed by atoms with van der Waals surface area (Å²) in [4.78, 5) is 12.1. The molecule has 0 aliphatic heterocycles. The van der Waals surface area contributed by atoms with E-state index in [1.807, 2.05) is 6.92 Å². The topological polar surface area (TPSA) is 89.3 Å². The number of hydrogen-bond donors (Lipinski definition) is 1. The van der Waals surface area contributed by atoms with E-state index in [2.05, 4.69) is 10.5 Å². The summed E-state index contributed by atoms with van der Waals surface area (Å²) in [5.41, 5.74) is 2.68. The summed E-state index contributed by atoms with van der Waals surface area (Å²) in [6, 6.07) is 6.41. The Morgan fingerprint density at radius 1 is 1.27 bits per heavy atom. The molecule has 1 aromatic heterocycles. The highest BCUT2D eigenvalue weighted by molar-refractivity contribution is 7.92. The minimum Gasteiger partial charge on any atom is -0.338 e. The van der Waals surface area contributed by atoms with Gasteiger partial charge in [-0.05, 0) is 38.3 Å². The Balaban J connectivity index is 1.72. The van der Waals surface area contributed by atoms with Crippen LogP contribution in [0.5, 0.6) is 0 Å². The number of anilines is 1. The summed E-state index contributed by atoms with van der Waals surface area (Å²) < 4.78 is 29.5. The molecular formula is C15H16N2O4S. The number of hydrogen-bond acceptors (Lipinski definition) is 5.